The summed E-state index contributed by atoms with van der Waals surface area (Å²) in [5, 5.41) is 3.31. The highest BCUT2D eigenvalue weighted by atomic mass is 79.9. The molecule has 2 aromatic rings. The monoisotopic (exact) mass is 421 g/mol. The molecule has 0 unspecified atom stereocenters. The van der Waals surface area contributed by atoms with Gasteiger partial charge in [0.1, 0.15) is 5.00 Å². The Morgan fingerprint density at radius 1 is 1.20 bits per heavy atom. The molecule has 0 aliphatic heterocycles. The molecule has 1 N–H and O–H groups in total. The zero-order valence-corrected chi connectivity index (χ0v) is 17.0. The first-order chi connectivity index (χ1) is 11.8. The average molecular weight is 422 g/mol. The third kappa shape index (κ3) is 5.28. The number of benzene rings is 1. The summed E-state index contributed by atoms with van der Waals surface area (Å²) >= 11 is 4.75. The summed E-state index contributed by atoms with van der Waals surface area (Å²) in [7, 11) is 0. The minimum atomic E-state index is -0.413. The molecule has 4 nitrogen and oxygen atoms in total. The molecule has 0 fully saturated rings. The first-order valence-electron chi connectivity index (χ1n) is 7.83. The van der Waals surface area contributed by atoms with Crippen LogP contribution >= 0.6 is 27.3 Å². The standard InChI is InChI=1S/C19H20BrNO3S/c1-11(2)24-19(23)17-12(3)13(4)25-18(17)21-16(22)10-7-14-5-8-15(20)9-6-14/h5-11H,1-4H3,(H,21,22)/b10-7+. The molecule has 0 aliphatic rings. The molecule has 25 heavy (non-hydrogen) atoms. The lowest BCUT2D eigenvalue weighted by Gasteiger charge is -2.09. The summed E-state index contributed by atoms with van der Waals surface area (Å²) in [5.41, 5.74) is 2.18. The van der Waals surface area contributed by atoms with Crippen molar-refractivity contribution in [1.29, 1.82) is 0 Å². The predicted molar refractivity (Wildman–Crippen MR) is 106 cm³/mol. The van der Waals surface area contributed by atoms with Crippen LogP contribution in [-0.2, 0) is 9.53 Å². The predicted octanol–water partition coefficient (Wildman–Crippen LogP) is 5.34. The zero-order chi connectivity index (χ0) is 18.6. The molecule has 1 aromatic heterocycles. The molecule has 0 radical (unpaired) electrons. The van der Waals surface area contributed by atoms with Gasteiger partial charge in [-0.25, -0.2) is 4.79 Å². The fourth-order valence-corrected chi connectivity index (χ4v) is 3.45. The summed E-state index contributed by atoms with van der Waals surface area (Å²) in [4.78, 5) is 25.5. The zero-order valence-electron chi connectivity index (χ0n) is 14.6. The summed E-state index contributed by atoms with van der Waals surface area (Å²) in [6, 6.07) is 7.62. The number of nitrogens with one attached hydrogen (secondary N) is 1. The molecule has 2 rings (SSSR count). The molecule has 0 saturated carbocycles. The molecular formula is C19H20BrNO3S. The summed E-state index contributed by atoms with van der Waals surface area (Å²) < 4.78 is 6.27. The maximum atomic E-state index is 12.3. The number of halogens is 1. The number of carbonyl (C=O) groups excluding carboxylic acids is 2. The lowest BCUT2D eigenvalue weighted by Crippen LogP contribution is -2.15. The first kappa shape index (κ1) is 19.4. The van der Waals surface area contributed by atoms with E-state index in [4.69, 9.17) is 4.74 Å². The van der Waals surface area contributed by atoms with Crippen molar-refractivity contribution in [2.24, 2.45) is 0 Å². The fourth-order valence-electron chi connectivity index (χ4n) is 2.13. The van der Waals surface area contributed by atoms with Gasteiger partial charge in [-0.2, -0.15) is 0 Å². The van der Waals surface area contributed by atoms with Gasteiger partial charge in [-0.05, 0) is 57.0 Å². The highest BCUT2D eigenvalue weighted by Crippen LogP contribution is 2.33. The maximum absolute atomic E-state index is 12.3. The highest BCUT2D eigenvalue weighted by molar-refractivity contribution is 9.10. The number of thiophene rings is 1. The minimum Gasteiger partial charge on any atom is -0.459 e. The van der Waals surface area contributed by atoms with Crippen LogP contribution in [0.15, 0.2) is 34.8 Å². The Kier molecular flexibility index (Phi) is 6.56. The van der Waals surface area contributed by atoms with E-state index in [-0.39, 0.29) is 12.0 Å². The highest BCUT2D eigenvalue weighted by Gasteiger charge is 2.22. The van der Waals surface area contributed by atoms with Crippen LogP contribution in [0.5, 0.6) is 0 Å². The van der Waals surface area contributed by atoms with E-state index in [0.717, 1.165) is 20.5 Å². The molecular weight excluding hydrogens is 402 g/mol. The molecule has 132 valence electrons. The topological polar surface area (TPSA) is 55.4 Å². The van der Waals surface area contributed by atoms with Crippen molar-refractivity contribution < 1.29 is 14.3 Å². The van der Waals surface area contributed by atoms with Crippen molar-refractivity contribution in [3.8, 4) is 0 Å². The third-order valence-corrected chi connectivity index (χ3v) is 5.12. The summed E-state index contributed by atoms with van der Waals surface area (Å²) in [6.07, 6.45) is 2.96. The molecule has 0 atom stereocenters. The first-order valence-corrected chi connectivity index (χ1v) is 9.44. The van der Waals surface area contributed by atoms with Crippen LogP contribution in [-0.4, -0.2) is 18.0 Å². The smallest absolute Gasteiger partial charge is 0.341 e. The number of carbonyl (C=O) groups is 2. The minimum absolute atomic E-state index is 0.215. The van der Waals surface area contributed by atoms with Gasteiger partial charge in [0.2, 0.25) is 5.91 Å². The second-order valence-electron chi connectivity index (χ2n) is 5.82. The number of ether oxygens (including phenoxy) is 1. The van der Waals surface area contributed by atoms with Crippen LogP contribution in [0.25, 0.3) is 6.08 Å². The molecule has 0 aliphatic carbocycles. The molecule has 1 heterocycles. The van der Waals surface area contributed by atoms with E-state index in [1.807, 2.05) is 38.1 Å². The second kappa shape index (κ2) is 8.45. The van der Waals surface area contributed by atoms with Crippen molar-refractivity contribution in [3.05, 3.63) is 56.4 Å². The number of hydrogen-bond acceptors (Lipinski definition) is 4. The van der Waals surface area contributed by atoms with Gasteiger partial charge < -0.3 is 10.1 Å². The Balaban J connectivity index is 2.16. The Labute approximate surface area is 160 Å². The lowest BCUT2D eigenvalue weighted by atomic mass is 10.1. The van der Waals surface area contributed by atoms with E-state index in [2.05, 4.69) is 21.2 Å². The van der Waals surface area contributed by atoms with Crippen molar-refractivity contribution in [3.63, 3.8) is 0 Å². The van der Waals surface area contributed by atoms with Crippen LogP contribution in [0.3, 0.4) is 0 Å². The normalized spacial score (nSPS) is 11.1. The van der Waals surface area contributed by atoms with Crippen molar-refractivity contribution in [2.45, 2.75) is 33.8 Å². The molecule has 1 amide bonds. The third-order valence-electron chi connectivity index (χ3n) is 3.47. The van der Waals surface area contributed by atoms with Crippen LogP contribution in [0.4, 0.5) is 5.00 Å². The number of rotatable bonds is 5. The van der Waals surface area contributed by atoms with E-state index in [0.29, 0.717) is 10.6 Å². The quantitative estimate of drug-likeness (QED) is 0.523. The number of esters is 1. The fraction of sp³-hybridized carbons (Fsp3) is 0.263. The second-order valence-corrected chi connectivity index (χ2v) is 7.96. The number of hydrogen-bond donors (Lipinski definition) is 1. The van der Waals surface area contributed by atoms with Gasteiger partial charge in [-0.1, -0.05) is 28.1 Å². The molecule has 6 heteroatoms. The van der Waals surface area contributed by atoms with Crippen LogP contribution < -0.4 is 5.32 Å². The van der Waals surface area contributed by atoms with Gasteiger partial charge in [-0.3, -0.25) is 4.79 Å². The van der Waals surface area contributed by atoms with Crippen LogP contribution in [0, 0.1) is 13.8 Å². The average Bonchev–Trinajstić information content (AvgIpc) is 2.80. The van der Waals surface area contributed by atoms with Gasteiger partial charge in [0.15, 0.2) is 0 Å². The van der Waals surface area contributed by atoms with E-state index in [1.54, 1.807) is 19.9 Å². The Hall–Kier alpha value is -1.92. The largest absolute Gasteiger partial charge is 0.459 e. The Morgan fingerprint density at radius 2 is 1.84 bits per heavy atom. The van der Waals surface area contributed by atoms with Crippen molar-refractivity contribution in [1.82, 2.24) is 0 Å². The van der Waals surface area contributed by atoms with Gasteiger partial charge in [0.05, 0.1) is 11.7 Å². The van der Waals surface area contributed by atoms with Crippen LogP contribution in [0.2, 0.25) is 0 Å². The Morgan fingerprint density at radius 3 is 2.44 bits per heavy atom. The maximum Gasteiger partial charge on any atom is 0.341 e. The van der Waals surface area contributed by atoms with E-state index >= 15 is 0 Å². The van der Waals surface area contributed by atoms with Crippen LogP contribution in [0.1, 0.15) is 40.2 Å². The van der Waals surface area contributed by atoms with Crippen molar-refractivity contribution >= 4 is 50.2 Å². The number of anilines is 1. The molecule has 0 saturated heterocycles. The molecule has 0 bridgehead atoms. The van der Waals surface area contributed by atoms with Gasteiger partial charge in [-0.15, -0.1) is 11.3 Å². The Bertz CT molecular complexity index is 807. The lowest BCUT2D eigenvalue weighted by molar-refractivity contribution is -0.111. The van der Waals surface area contributed by atoms with E-state index in [9.17, 15) is 9.59 Å². The number of amides is 1. The SMILES string of the molecule is Cc1sc(NC(=O)/C=C/c2ccc(Br)cc2)c(C(=O)OC(C)C)c1C. The van der Waals surface area contributed by atoms with E-state index < -0.39 is 5.97 Å². The van der Waals surface area contributed by atoms with Gasteiger partial charge in [0, 0.05) is 15.4 Å². The van der Waals surface area contributed by atoms with E-state index in [1.165, 1.54) is 17.4 Å². The number of aryl methyl sites for hydroxylation is 1. The molecule has 0 spiro atoms. The summed E-state index contributed by atoms with van der Waals surface area (Å²) in [6.45, 7) is 7.37. The summed E-state index contributed by atoms with van der Waals surface area (Å²) in [5.74, 6) is -0.702. The van der Waals surface area contributed by atoms with Gasteiger partial charge in [0.25, 0.3) is 0 Å². The molecule has 1 aromatic carbocycles. The van der Waals surface area contributed by atoms with Gasteiger partial charge >= 0.3 is 5.97 Å². The van der Waals surface area contributed by atoms with Crippen molar-refractivity contribution in [2.75, 3.05) is 5.32 Å².